The SMILES string of the molecule is Cn1cc(C2CCN(c3cnn(-c4ccc(F)cc4F)c(=O)c3Cl)CC2)cn1. The molecule has 1 aliphatic rings. The molecular weight excluding hydrogens is 388 g/mol. The van der Waals surface area contributed by atoms with Crippen LogP contribution in [-0.2, 0) is 7.05 Å². The Balaban J connectivity index is 1.57. The highest BCUT2D eigenvalue weighted by molar-refractivity contribution is 6.33. The van der Waals surface area contributed by atoms with Crippen LogP contribution < -0.4 is 10.5 Å². The molecule has 3 heterocycles. The molecule has 146 valence electrons. The largest absolute Gasteiger partial charge is 0.369 e. The van der Waals surface area contributed by atoms with E-state index in [-0.39, 0.29) is 10.7 Å². The number of anilines is 1. The summed E-state index contributed by atoms with van der Waals surface area (Å²) in [6.07, 6.45) is 7.16. The van der Waals surface area contributed by atoms with Crippen molar-refractivity contribution in [3.05, 3.63) is 69.4 Å². The van der Waals surface area contributed by atoms with Crippen molar-refractivity contribution in [1.82, 2.24) is 19.6 Å². The number of aromatic nitrogens is 4. The molecule has 0 N–H and O–H groups in total. The fourth-order valence-electron chi connectivity index (χ4n) is 3.57. The lowest BCUT2D eigenvalue weighted by Gasteiger charge is -2.33. The van der Waals surface area contributed by atoms with E-state index in [1.165, 1.54) is 11.8 Å². The number of piperidine rings is 1. The molecule has 1 aromatic carbocycles. The molecule has 0 radical (unpaired) electrons. The molecule has 0 spiro atoms. The lowest BCUT2D eigenvalue weighted by molar-refractivity contribution is 0.504. The summed E-state index contributed by atoms with van der Waals surface area (Å²) >= 11 is 6.30. The van der Waals surface area contributed by atoms with E-state index in [2.05, 4.69) is 10.2 Å². The van der Waals surface area contributed by atoms with Gasteiger partial charge >= 0.3 is 0 Å². The molecule has 9 heteroatoms. The van der Waals surface area contributed by atoms with Crippen LogP contribution in [0.3, 0.4) is 0 Å². The average molecular weight is 406 g/mol. The smallest absolute Gasteiger partial charge is 0.292 e. The molecule has 28 heavy (non-hydrogen) atoms. The zero-order valence-corrected chi connectivity index (χ0v) is 15.9. The van der Waals surface area contributed by atoms with Gasteiger partial charge in [0.2, 0.25) is 0 Å². The van der Waals surface area contributed by atoms with Gasteiger partial charge in [-0.2, -0.15) is 14.9 Å². The average Bonchev–Trinajstić information content (AvgIpc) is 3.11. The molecule has 0 unspecified atom stereocenters. The van der Waals surface area contributed by atoms with E-state index < -0.39 is 17.2 Å². The van der Waals surface area contributed by atoms with E-state index in [4.69, 9.17) is 11.6 Å². The Kier molecular flexibility index (Phi) is 4.89. The van der Waals surface area contributed by atoms with Gasteiger partial charge in [-0.25, -0.2) is 8.78 Å². The first-order valence-electron chi connectivity index (χ1n) is 8.91. The molecule has 0 amide bonds. The summed E-state index contributed by atoms with van der Waals surface area (Å²) < 4.78 is 29.8. The normalized spacial score (nSPS) is 15.2. The van der Waals surface area contributed by atoms with Crippen molar-refractivity contribution < 1.29 is 8.78 Å². The molecule has 1 fully saturated rings. The summed E-state index contributed by atoms with van der Waals surface area (Å²) in [5.74, 6) is -1.20. The van der Waals surface area contributed by atoms with E-state index in [1.807, 2.05) is 24.3 Å². The zero-order chi connectivity index (χ0) is 19.8. The monoisotopic (exact) mass is 405 g/mol. The van der Waals surface area contributed by atoms with Crippen molar-refractivity contribution in [3.8, 4) is 5.69 Å². The van der Waals surface area contributed by atoms with Crippen LogP contribution in [0, 0.1) is 11.6 Å². The first kappa shape index (κ1) is 18.6. The topological polar surface area (TPSA) is 56.0 Å². The highest BCUT2D eigenvalue weighted by Crippen LogP contribution is 2.32. The van der Waals surface area contributed by atoms with Crippen molar-refractivity contribution in [2.45, 2.75) is 18.8 Å². The Morgan fingerprint density at radius 2 is 1.86 bits per heavy atom. The molecule has 0 atom stereocenters. The molecule has 3 aromatic rings. The molecule has 2 aromatic heterocycles. The highest BCUT2D eigenvalue weighted by atomic mass is 35.5. The third kappa shape index (κ3) is 3.40. The van der Waals surface area contributed by atoms with E-state index in [1.54, 1.807) is 4.68 Å². The minimum atomic E-state index is -0.879. The lowest BCUT2D eigenvalue weighted by Crippen LogP contribution is -2.35. The van der Waals surface area contributed by atoms with Gasteiger partial charge in [0.1, 0.15) is 16.5 Å². The molecule has 0 bridgehead atoms. The summed E-state index contributed by atoms with van der Waals surface area (Å²) in [6.45, 7) is 1.44. The molecule has 4 rings (SSSR count). The van der Waals surface area contributed by atoms with Crippen LogP contribution in [0.4, 0.5) is 14.5 Å². The van der Waals surface area contributed by atoms with Gasteiger partial charge in [0, 0.05) is 32.4 Å². The Morgan fingerprint density at radius 1 is 1.11 bits per heavy atom. The lowest BCUT2D eigenvalue weighted by atomic mass is 9.91. The van der Waals surface area contributed by atoms with Crippen LogP contribution >= 0.6 is 11.6 Å². The van der Waals surface area contributed by atoms with Crippen molar-refractivity contribution >= 4 is 17.3 Å². The minimum Gasteiger partial charge on any atom is -0.369 e. The van der Waals surface area contributed by atoms with Crippen LogP contribution in [0.25, 0.3) is 5.69 Å². The quantitative estimate of drug-likeness (QED) is 0.671. The number of halogens is 3. The van der Waals surface area contributed by atoms with E-state index in [0.29, 0.717) is 17.7 Å². The van der Waals surface area contributed by atoms with E-state index in [9.17, 15) is 13.6 Å². The molecule has 0 saturated carbocycles. The molecular formula is C19H18ClF2N5O. The number of hydrogen-bond acceptors (Lipinski definition) is 4. The van der Waals surface area contributed by atoms with Gasteiger partial charge in [-0.3, -0.25) is 9.48 Å². The second-order valence-corrected chi connectivity index (χ2v) is 7.24. The summed E-state index contributed by atoms with van der Waals surface area (Å²) in [6, 6.07) is 2.93. The highest BCUT2D eigenvalue weighted by Gasteiger charge is 2.25. The van der Waals surface area contributed by atoms with Gasteiger partial charge < -0.3 is 4.90 Å². The van der Waals surface area contributed by atoms with Gasteiger partial charge in [-0.1, -0.05) is 11.6 Å². The maximum Gasteiger partial charge on any atom is 0.292 e. The van der Waals surface area contributed by atoms with Gasteiger partial charge in [0.05, 0.1) is 18.1 Å². The standard InChI is InChI=1S/C19H18ClF2N5O/c1-25-11-13(9-23-25)12-4-6-26(7-5-12)17-10-24-27(19(28)18(17)20)16-3-2-14(21)8-15(16)22/h2-3,8-12H,4-7H2,1H3. The predicted molar refractivity (Wildman–Crippen MR) is 102 cm³/mol. The Bertz CT molecular complexity index is 1070. The maximum absolute atomic E-state index is 14.0. The van der Waals surface area contributed by atoms with Crippen molar-refractivity contribution in [1.29, 1.82) is 0 Å². The Labute approximate surface area is 165 Å². The van der Waals surface area contributed by atoms with Crippen molar-refractivity contribution in [3.63, 3.8) is 0 Å². The van der Waals surface area contributed by atoms with E-state index in [0.717, 1.165) is 42.7 Å². The van der Waals surface area contributed by atoms with Crippen LogP contribution in [0.1, 0.15) is 24.3 Å². The molecule has 1 saturated heterocycles. The summed E-state index contributed by atoms with van der Waals surface area (Å²) in [5, 5.41) is 8.25. The fraction of sp³-hybridized carbons (Fsp3) is 0.316. The summed E-state index contributed by atoms with van der Waals surface area (Å²) in [4.78, 5) is 14.6. The van der Waals surface area contributed by atoms with Gasteiger partial charge in [0.25, 0.3) is 5.56 Å². The fourth-order valence-corrected chi connectivity index (χ4v) is 3.82. The van der Waals surface area contributed by atoms with Crippen molar-refractivity contribution in [2.24, 2.45) is 7.05 Å². The van der Waals surface area contributed by atoms with Crippen LogP contribution in [0.15, 0.2) is 41.6 Å². The second kappa shape index (κ2) is 7.35. The predicted octanol–water partition coefficient (Wildman–Crippen LogP) is 3.28. The van der Waals surface area contributed by atoms with Gasteiger partial charge in [-0.05, 0) is 36.5 Å². The Morgan fingerprint density at radius 3 is 2.50 bits per heavy atom. The number of aryl methyl sites for hydroxylation is 1. The van der Waals surface area contributed by atoms with Gasteiger partial charge in [0.15, 0.2) is 5.82 Å². The number of rotatable bonds is 3. The van der Waals surface area contributed by atoms with Crippen LogP contribution in [-0.4, -0.2) is 32.7 Å². The first-order chi connectivity index (χ1) is 13.4. The summed E-state index contributed by atoms with van der Waals surface area (Å²) in [7, 11) is 1.89. The van der Waals surface area contributed by atoms with Gasteiger partial charge in [-0.15, -0.1) is 0 Å². The third-order valence-electron chi connectivity index (χ3n) is 5.07. The third-order valence-corrected chi connectivity index (χ3v) is 5.43. The van der Waals surface area contributed by atoms with Crippen molar-refractivity contribution in [2.75, 3.05) is 18.0 Å². The summed E-state index contributed by atoms with van der Waals surface area (Å²) in [5.41, 5.74) is 0.942. The minimum absolute atomic E-state index is 0.0291. The van der Waals surface area contributed by atoms with Crippen LogP contribution in [0.5, 0.6) is 0 Å². The number of benzene rings is 1. The number of hydrogen-bond donors (Lipinski definition) is 0. The Hall–Kier alpha value is -2.74. The molecule has 6 nitrogen and oxygen atoms in total. The second-order valence-electron chi connectivity index (χ2n) is 6.87. The van der Waals surface area contributed by atoms with Crippen LogP contribution in [0.2, 0.25) is 5.02 Å². The zero-order valence-electron chi connectivity index (χ0n) is 15.1. The maximum atomic E-state index is 14.0. The number of nitrogens with zero attached hydrogens (tertiary/aromatic N) is 5. The first-order valence-corrected chi connectivity index (χ1v) is 9.28. The molecule has 1 aliphatic heterocycles. The van der Waals surface area contributed by atoms with E-state index >= 15 is 0 Å². The molecule has 0 aliphatic carbocycles.